The van der Waals surface area contributed by atoms with Gasteiger partial charge >= 0.3 is 6.01 Å². The van der Waals surface area contributed by atoms with Crippen molar-refractivity contribution in [2.45, 2.75) is 49.8 Å². The number of fused-ring (bicyclic) bond motifs is 1. The van der Waals surface area contributed by atoms with Gasteiger partial charge in [-0.1, -0.05) is 18.6 Å². The van der Waals surface area contributed by atoms with Crippen LogP contribution in [0.3, 0.4) is 0 Å². The van der Waals surface area contributed by atoms with Gasteiger partial charge in [0, 0.05) is 35.1 Å². The predicted octanol–water partition coefficient (Wildman–Crippen LogP) is 5.49. The lowest BCUT2D eigenvalue weighted by Gasteiger charge is -2.30. The van der Waals surface area contributed by atoms with Gasteiger partial charge in [0.2, 0.25) is 10.0 Å². The zero-order chi connectivity index (χ0) is 24.0. The third-order valence-corrected chi connectivity index (χ3v) is 8.98. The van der Waals surface area contributed by atoms with Crippen LogP contribution in [0.2, 0.25) is 0 Å². The molecule has 2 heterocycles. The first-order valence-corrected chi connectivity index (χ1v) is 13.5. The van der Waals surface area contributed by atoms with Crippen molar-refractivity contribution in [1.82, 2.24) is 14.5 Å². The molecule has 0 bridgehead atoms. The molecule has 2 aromatic heterocycles. The molecule has 0 radical (unpaired) electrons. The van der Waals surface area contributed by atoms with E-state index in [4.69, 9.17) is 10.5 Å². The van der Waals surface area contributed by atoms with Gasteiger partial charge in [-0.2, -0.15) is 0 Å². The fourth-order valence-corrected chi connectivity index (χ4v) is 6.35. The summed E-state index contributed by atoms with van der Waals surface area (Å²) in [4.78, 5) is 8.26. The van der Waals surface area contributed by atoms with Gasteiger partial charge < -0.3 is 15.0 Å². The second-order valence-corrected chi connectivity index (χ2v) is 11.3. The number of aromatic nitrogens is 3. The van der Waals surface area contributed by atoms with Crippen molar-refractivity contribution in [2.24, 2.45) is 0 Å². The fraction of sp³-hybridized carbons (Fsp3) is 0.308. The largest absolute Gasteiger partial charge is 0.424 e. The standard InChI is InChI=1S/C26H27N5O3S/c27-24-22-16-20(34-26-28-14-3-15-29-26)12-13-23(22)31(19-4-1-5-19)25(24)17-8-10-18(11-9-17)30-35(32,33)21-6-2-7-21/h3,8-16,19,21,30H,1-2,4-7,27H2. The van der Waals surface area contributed by atoms with Crippen molar-refractivity contribution in [3.63, 3.8) is 0 Å². The summed E-state index contributed by atoms with van der Waals surface area (Å²) in [6.07, 6.45) is 9.10. The summed E-state index contributed by atoms with van der Waals surface area (Å²) < 4.78 is 35.9. The molecule has 0 spiro atoms. The molecule has 0 aliphatic heterocycles. The smallest absolute Gasteiger partial charge is 0.321 e. The molecule has 35 heavy (non-hydrogen) atoms. The number of ether oxygens (including phenoxy) is 1. The van der Waals surface area contributed by atoms with Gasteiger partial charge in [-0.3, -0.25) is 4.72 Å². The monoisotopic (exact) mass is 489 g/mol. The van der Waals surface area contributed by atoms with Gasteiger partial charge in [-0.25, -0.2) is 18.4 Å². The average molecular weight is 490 g/mol. The molecule has 2 aliphatic rings. The van der Waals surface area contributed by atoms with Gasteiger partial charge in [-0.05, 0) is 68.5 Å². The second kappa shape index (κ2) is 8.57. The molecule has 4 aromatic rings. The highest BCUT2D eigenvalue weighted by Crippen LogP contribution is 2.45. The van der Waals surface area contributed by atoms with Crippen molar-refractivity contribution >= 4 is 32.3 Å². The Morgan fingerprint density at radius 3 is 2.31 bits per heavy atom. The van der Waals surface area contributed by atoms with Gasteiger partial charge in [0.05, 0.1) is 22.1 Å². The Hall–Kier alpha value is -3.59. The lowest BCUT2D eigenvalue weighted by Crippen LogP contribution is -2.33. The number of anilines is 2. The van der Waals surface area contributed by atoms with Gasteiger partial charge in [0.1, 0.15) is 5.75 Å². The zero-order valence-corrected chi connectivity index (χ0v) is 20.0. The van der Waals surface area contributed by atoms with Crippen molar-refractivity contribution in [3.8, 4) is 23.0 Å². The molecule has 8 nitrogen and oxygen atoms in total. The first-order chi connectivity index (χ1) is 17.0. The van der Waals surface area contributed by atoms with E-state index in [1.54, 1.807) is 18.5 Å². The number of hydrogen-bond acceptors (Lipinski definition) is 6. The summed E-state index contributed by atoms with van der Waals surface area (Å²) in [6, 6.07) is 15.8. The number of hydrogen-bond donors (Lipinski definition) is 2. The number of nitrogens with two attached hydrogens (primary N) is 1. The number of sulfonamides is 1. The number of nitrogens with zero attached hydrogens (tertiary/aromatic N) is 3. The third-order valence-electron chi connectivity index (χ3n) is 7.11. The molecular formula is C26H27N5O3S. The molecule has 2 aromatic carbocycles. The van der Waals surface area contributed by atoms with Crippen LogP contribution in [0.25, 0.3) is 22.2 Å². The van der Waals surface area contributed by atoms with E-state index in [0.717, 1.165) is 54.3 Å². The van der Waals surface area contributed by atoms with Crippen LogP contribution in [0.15, 0.2) is 60.9 Å². The lowest BCUT2D eigenvalue weighted by atomic mass is 9.92. The van der Waals surface area contributed by atoms with Crippen molar-refractivity contribution in [3.05, 3.63) is 60.9 Å². The van der Waals surface area contributed by atoms with Crippen LogP contribution < -0.4 is 15.2 Å². The van der Waals surface area contributed by atoms with Crippen molar-refractivity contribution in [2.75, 3.05) is 10.5 Å². The van der Waals surface area contributed by atoms with E-state index in [1.807, 2.05) is 42.5 Å². The minimum absolute atomic E-state index is 0.281. The summed E-state index contributed by atoms with van der Waals surface area (Å²) in [5, 5.41) is 0.631. The Morgan fingerprint density at radius 2 is 1.69 bits per heavy atom. The molecule has 9 heteroatoms. The summed E-state index contributed by atoms with van der Waals surface area (Å²) in [6.45, 7) is 0. The highest BCUT2D eigenvalue weighted by atomic mass is 32.2. The number of nitrogen functional groups attached to an aromatic ring is 1. The van der Waals surface area contributed by atoms with E-state index in [0.29, 0.717) is 23.2 Å². The summed E-state index contributed by atoms with van der Waals surface area (Å²) in [5.74, 6) is 0.619. The Morgan fingerprint density at radius 1 is 0.971 bits per heavy atom. The molecule has 6 rings (SSSR count). The Labute approximate surface area is 204 Å². The Bertz CT molecular complexity index is 1480. The minimum Gasteiger partial charge on any atom is -0.424 e. The second-order valence-electron chi connectivity index (χ2n) is 9.31. The van der Waals surface area contributed by atoms with Crippen LogP contribution in [0.4, 0.5) is 11.4 Å². The predicted molar refractivity (Wildman–Crippen MR) is 137 cm³/mol. The summed E-state index contributed by atoms with van der Waals surface area (Å²) in [7, 11) is -3.33. The zero-order valence-electron chi connectivity index (χ0n) is 19.2. The van der Waals surface area contributed by atoms with Gasteiger partial charge in [0.15, 0.2) is 0 Å². The van der Waals surface area contributed by atoms with E-state index in [2.05, 4.69) is 19.3 Å². The van der Waals surface area contributed by atoms with Crippen LogP contribution in [0, 0.1) is 0 Å². The van der Waals surface area contributed by atoms with E-state index in [-0.39, 0.29) is 11.3 Å². The summed E-state index contributed by atoms with van der Waals surface area (Å²) in [5.41, 5.74) is 10.9. The SMILES string of the molecule is Nc1c(-c2ccc(NS(=O)(=O)C3CCC3)cc2)n(C2CCC2)c2ccc(Oc3ncccn3)cc12. The molecule has 0 saturated heterocycles. The first kappa shape index (κ1) is 21.9. The topological polar surface area (TPSA) is 112 Å². The Kier molecular flexibility index (Phi) is 5.36. The van der Waals surface area contributed by atoms with Crippen LogP contribution >= 0.6 is 0 Å². The minimum atomic E-state index is -3.33. The molecular weight excluding hydrogens is 462 g/mol. The quantitative estimate of drug-likeness (QED) is 0.355. The van der Waals surface area contributed by atoms with Gasteiger partial charge in [-0.15, -0.1) is 0 Å². The number of nitrogens with one attached hydrogen (secondary N) is 1. The third kappa shape index (κ3) is 3.99. The van der Waals surface area contributed by atoms with E-state index < -0.39 is 10.0 Å². The normalized spacial score (nSPS) is 16.6. The molecule has 0 amide bonds. The molecule has 0 unspecified atom stereocenters. The fourth-order valence-electron chi connectivity index (χ4n) is 4.77. The molecule has 3 N–H and O–H groups in total. The first-order valence-electron chi connectivity index (χ1n) is 12.0. The average Bonchev–Trinajstić information content (AvgIpc) is 3.04. The van der Waals surface area contributed by atoms with Gasteiger partial charge in [0.25, 0.3) is 0 Å². The molecule has 180 valence electrons. The Balaban J connectivity index is 1.37. The van der Waals surface area contributed by atoms with E-state index in [9.17, 15) is 8.42 Å². The van der Waals surface area contributed by atoms with E-state index in [1.165, 1.54) is 6.42 Å². The van der Waals surface area contributed by atoms with E-state index >= 15 is 0 Å². The number of rotatable bonds is 7. The highest BCUT2D eigenvalue weighted by Gasteiger charge is 2.31. The molecule has 2 fully saturated rings. The van der Waals surface area contributed by atoms with Crippen LogP contribution in [-0.2, 0) is 10.0 Å². The van der Waals surface area contributed by atoms with Crippen molar-refractivity contribution in [1.29, 1.82) is 0 Å². The van der Waals surface area contributed by atoms with Crippen LogP contribution in [-0.4, -0.2) is 28.2 Å². The highest BCUT2D eigenvalue weighted by molar-refractivity contribution is 7.93. The molecule has 0 atom stereocenters. The van der Waals surface area contributed by atoms with Crippen LogP contribution in [0.1, 0.15) is 44.6 Å². The molecule has 2 aliphatic carbocycles. The number of benzene rings is 2. The summed E-state index contributed by atoms with van der Waals surface area (Å²) >= 11 is 0. The maximum atomic E-state index is 12.5. The van der Waals surface area contributed by atoms with Crippen molar-refractivity contribution < 1.29 is 13.2 Å². The maximum Gasteiger partial charge on any atom is 0.321 e. The maximum absolute atomic E-state index is 12.5. The van der Waals surface area contributed by atoms with Crippen LogP contribution in [0.5, 0.6) is 11.8 Å². The molecule has 2 saturated carbocycles. The lowest BCUT2D eigenvalue weighted by molar-refractivity contribution is 0.324.